The molecule has 0 aliphatic heterocycles. The van der Waals surface area contributed by atoms with Gasteiger partial charge < -0.3 is 4.42 Å². The lowest BCUT2D eigenvalue weighted by atomic mass is 10.1. The summed E-state index contributed by atoms with van der Waals surface area (Å²) in [6.45, 7) is 2.01. The van der Waals surface area contributed by atoms with Crippen LogP contribution in [0.15, 0.2) is 57.4 Å². The summed E-state index contributed by atoms with van der Waals surface area (Å²) in [7, 11) is 0. The smallest absolute Gasteiger partial charge is 0.301 e. The van der Waals surface area contributed by atoms with Gasteiger partial charge in [0, 0.05) is 10.5 Å². The van der Waals surface area contributed by atoms with Crippen molar-refractivity contribution in [1.82, 2.24) is 10.3 Å². The zero-order chi connectivity index (χ0) is 16.2. The summed E-state index contributed by atoms with van der Waals surface area (Å²) in [5.74, 6) is 0.398. The van der Waals surface area contributed by atoms with Gasteiger partial charge in [-0.05, 0) is 43.5 Å². The number of rotatable bonds is 4. The molecule has 0 unspecified atom stereocenters. The lowest BCUT2D eigenvalue weighted by molar-refractivity contribution is 0.0919. The molecule has 118 valence electrons. The molecular formula is C17H15ClN2O2S. The Morgan fingerprint density at radius 2 is 2.09 bits per heavy atom. The molecule has 0 atom stereocenters. The molecule has 1 aliphatic carbocycles. The minimum absolute atomic E-state index is 0.216. The summed E-state index contributed by atoms with van der Waals surface area (Å²) in [4.78, 5) is 16.0. The Morgan fingerprint density at radius 3 is 2.87 bits per heavy atom. The summed E-state index contributed by atoms with van der Waals surface area (Å²) in [6, 6.07) is 11.4. The summed E-state index contributed by atoms with van der Waals surface area (Å²) in [6.07, 6.45) is 4.64. The average molecular weight is 347 g/mol. The second kappa shape index (κ2) is 7.08. The number of hydrogen-bond acceptors (Lipinski definition) is 4. The van der Waals surface area contributed by atoms with Crippen LogP contribution in [0.25, 0.3) is 11.1 Å². The van der Waals surface area contributed by atoms with E-state index < -0.39 is 0 Å². The Bertz CT molecular complexity index is 781. The maximum absolute atomic E-state index is 12.2. The van der Waals surface area contributed by atoms with Crippen molar-refractivity contribution in [3.63, 3.8) is 0 Å². The van der Waals surface area contributed by atoms with Gasteiger partial charge in [-0.25, -0.2) is 0 Å². The number of nitrogens with one attached hydrogen (secondary N) is 2. The van der Waals surface area contributed by atoms with Crippen molar-refractivity contribution in [3.05, 3.63) is 65.1 Å². The first kappa shape index (κ1) is 15.9. The van der Waals surface area contributed by atoms with E-state index in [0.717, 1.165) is 22.5 Å². The van der Waals surface area contributed by atoms with Gasteiger partial charge in [0.15, 0.2) is 11.5 Å². The van der Waals surface area contributed by atoms with Crippen LogP contribution in [0.3, 0.4) is 0 Å². The SMILES string of the molecule is CC1=Cc2cc(C(=O)NNSc3ccccc3)oc2C(Cl)=CC1. The summed E-state index contributed by atoms with van der Waals surface area (Å²) < 4.78 is 5.61. The summed E-state index contributed by atoms with van der Waals surface area (Å²) in [5, 5.41) is 0.527. The summed E-state index contributed by atoms with van der Waals surface area (Å²) >= 11 is 7.51. The van der Waals surface area contributed by atoms with E-state index >= 15 is 0 Å². The first-order valence-electron chi connectivity index (χ1n) is 7.08. The van der Waals surface area contributed by atoms with Crippen LogP contribution >= 0.6 is 23.5 Å². The number of fused-ring (bicyclic) bond motifs is 1. The van der Waals surface area contributed by atoms with Crippen LogP contribution in [0, 0.1) is 0 Å². The Labute approximate surface area is 143 Å². The number of benzene rings is 1. The summed E-state index contributed by atoms with van der Waals surface area (Å²) in [5.41, 5.74) is 4.58. The van der Waals surface area contributed by atoms with Gasteiger partial charge in [-0.15, -0.1) is 0 Å². The van der Waals surface area contributed by atoms with Crippen LogP contribution < -0.4 is 10.3 Å². The lowest BCUT2D eigenvalue weighted by Crippen LogP contribution is -2.32. The predicted molar refractivity (Wildman–Crippen MR) is 93.7 cm³/mol. The Kier molecular flexibility index (Phi) is 4.91. The molecule has 4 nitrogen and oxygen atoms in total. The molecule has 0 saturated carbocycles. The maximum atomic E-state index is 12.2. The number of carbonyl (C=O) groups is 1. The van der Waals surface area contributed by atoms with Gasteiger partial charge in [0.2, 0.25) is 0 Å². The quantitative estimate of drug-likeness (QED) is 0.627. The molecule has 0 saturated heterocycles. The molecule has 1 aromatic heterocycles. The number of hydrazine groups is 1. The third kappa shape index (κ3) is 3.88. The standard InChI is InChI=1S/C17H15ClN2O2S/c1-11-7-8-14(18)16-12(9-11)10-15(22-16)17(21)19-20-23-13-5-3-2-4-6-13/h2-6,8-10,20H,7H2,1H3,(H,19,21). The molecular weight excluding hydrogens is 332 g/mol. The molecule has 2 N–H and O–H groups in total. The average Bonchev–Trinajstić information content (AvgIpc) is 2.92. The molecule has 0 bridgehead atoms. The van der Waals surface area contributed by atoms with Gasteiger partial charge in [0.1, 0.15) is 0 Å². The van der Waals surface area contributed by atoms with Crippen LogP contribution in [0.2, 0.25) is 0 Å². The minimum Gasteiger partial charge on any atom is -0.449 e. The van der Waals surface area contributed by atoms with Crippen LogP contribution in [0.4, 0.5) is 0 Å². The highest BCUT2D eigenvalue weighted by Gasteiger charge is 2.19. The van der Waals surface area contributed by atoms with E-state index in [0.29, 0.717) is 10.8 Å². The van der Waals surface area contributed by atoms with Gasteiger partial charge >= 0.3 is 5.91 Å². The molecule has 1 heterocycles. The van der Waals surface area contributed by atoms with E-state index in [9.17, 15) is 4.79 Å². The molecule has 6 heteroatoms. The fourth-order valence-electron chi connectivity index (χ4n) is 2.16. The van der Waals surface area contributed by atoms with Crippen molar-refractivity contribution >= 4 is 40.6 Å². The van der Waals surface area contributed by atoms with E-state index in [1.54, 1.807) is 6.07 Å². The molecule has 1 amide bonds. The predicted octanol–water partition coefficient (Wildman–Crippen LogP) is 4.61. The zero-order valence-corrected chi connectivity index (χ0v) is 14.0. The Hall–Kier alpha value is -1.95. The van der Waals surface area contributed by atoms with Crippen molar-refractivity contribution in [2.75, 3.05) is 0 Å². The molecule has 23 heavy (non-hydrogen) atoms. The molecule has 1 aliphatic rings. The molecule has 0 fully saturated rings. The largest absolute Gasteiger partial charge is 0.449 e. The van der Waals surface area contributed by atoms with Crippen LogP contribution in [0.5, 0.6) is 0 Å². The number of carbonyl (C=O) groups excluding carboxylic acids is 1. The van der Waals surface area contributed by atoms with Gasteiger partial charge in [-0.3, -0.25) is 10.2 Å². The number of halogens is 1. The number of amides is 1. The highest BCUT2D eigenvalue weighted by molar-refractivity contribution is 7.97. The van der Waals surface area contributed by atoms with E-state index in [2.05, 4.69) is 10.3 Å². The molecule has 1 aromatic carbocycles. The number of hydrogen-bond donors (Lipinski definition) is 2. The molecule has 3 rings (SSSR count). The zero-order valence-electron chi connectivity index (χ0n) is 12.4. The monoisotopic (exact) mass is 346 g/mol. The van der Waals surface area contributed by atoms with E-state index in [-0.39, 0.29) is 11.7 Å². The molecule has 0 radical (unpaired) electrons. The van der Waals surface area contributed by atoms with Crippen molar-refractivity contribution in [2.45, 2.75) is 18.2 Å². The van der Waals surface area contributed by atoms with Crippen molar-refractivity contribution < 1.29 is 9.21 Å². The fourth-order valence-corrected chi connectivity index (χ4v) is 2.94. The van der Waals surface area contributed by atoms with E-state index in [1.807, 2.05) is 49.4 Å². The normalized spacial score (nSPS) is 13.7. The van der Waals surface area contributed by atoms with Gasteiger partial charge in [-0.2, -0.15) is 4.83 Å². The third-order valence-corrected chi connectivity index (χ3v) is 4.32. The maximum Gasteiger partial charge on any atom is 0.301 e. The van der Waals surface area contributed by atoms with Gasteiger partial charge in [0.05, 0.1) is 5.03 Å². The van der Waals surface area contributed by atoms with E-state index in [4.69, 9.17) is 16.0 Å². The second-order valence-corrected chi connectivity index (χ2v) is 6.40. The highest BCUT2D eigenvalue weighted by Crippen LogP contribution is 2.32. The topological polar surface area (TPSA) is 54.3 Å². The van der Waals surface area contributed by atoms with Crippen LogP contribution in [-0.4, -0.2) is 5.91 Å². The minimum atomic E-state index is -0.350. The van der Waals surface area contributed by atoms with Crippen molar-refractivity contribution in [2.24, 2.45) is 0 Å². The first-order valence-corrected chi connectivity index (χ1v) is 8.27. The van der Waals surface area contributed by atoms with Gasteiger partial charge in [-0.1, -0.05) is 47.5 Å². The Balaban J connectivity index is 1.67. The van der Waals surface area contributed by atoms with Crippen molar-refractivity contribution in [3.8, 4) is 0 Å². The molecule has 2 aromatic rings. The Morgan fingerprint density at radius 1 is 1.30 bits per heavy atom. The van der Waals surface area contributed by atoms with Gasteiger partial charge in [0.25, 0.3) is 0 Å². The number of furan rings is 1. The lowest BCUT2D eigenvalue weighted by Gasteiger charge is -2.04. The third-order valence-electron chi connectivity index (χ3n) is 3.28. The van der Waals surface area contributed by atoms with Crippen LogP contribution in [-0.2, 0) is 0 Å². The van der Waals surface area contributed by atoms with Crippen molar-refractivity contribution in [1.29, 1.82) is 0 Å². The highest BCUT2D eigenvalue weighted by atomic mass is 35.5. The number of allylic oxidation sites excluding steroid dienone is 2. The van der Waals surface area contributed by atoms with Crippen LogP contribution in [0.1, 0.15) is 35.2 Å². The first-order chi connectivity index (χ1) is 11.1. The molecule has 0 spiro atoms. The van der Waals surface area contributed by atoms with E-state index in [1.165, 1.54) is 11.9 Å². The fraction of sp³-hybridized carbons (Fsp3) is 0.118. The second-order valence-electron chi connectivity index (χ2n) is 5.11.